The number of carbonyl (C=O) groups excluding carboxylic acids is 1. The summed E-state index contributed by atoms with van der Waals surface area (Å²) in [6.07, 6.45) is 0. The number of aromatic nitrogens is 3. The second-order valence-corrected chi connectivity index (χ2v) is 8.28. The maximum atomic E-state index is 12.5. The van der Waals surface area contributed by atoms with Crippen LogP contribution in [0.5, 0.6) is 0 Å². The maximum absolute atomic E-state index is 12.5. The molecule has 3 aromatic carbocycles. The molecular formula is C22H15BrN4OS. The van der Waals surface area contributed by atoms with Gasteiger partial charge < -0.3 is 5.32 Å². The van der Waals surface area contributed by atoms with Crippen molar-refractivity contribution in [2.45, 2.75) is 5.16 Å². The Morgan fingerprint density at radius 3 is 2.52 bits per heavy atom. The van der Waals surface area contributed by atoms with E-state index in [0.29, 0.717) is 0 Å². The van der Waals surface area contributed by atoms with Crippen LogP contribution >= 0.6 is 27.7 Å². The highest BCUT2D eigenvalue weighted by Crippen LogP contribution is 2.29. The summed E-state index contributed by atoms with van der Waals surface area (Å²) in [6.45, 7) is 0. The van der Waals surface area contributed by atoms with Crippen LogP contribution in [0.25, 0.3) is 27.6 Å². The first-order valence-electron chi connectivity index (χ1n) is 9.04. The Balaban J connectivity index is 1.53. The van der Waals surface area contributed by atoms with E-state index in [2.05, 4.69) is 21.2 Å². The second-order valence-electron chi connectivity index (χ2n) is 6.49. The summed E-state index contributed by atoms with van der Waals surface area (Å²) in [7, 11) is 0. The Morgan fingerprint density at radius 1 is 0.931 bits per heavy atom. The number of halogens is 1. The molecule has 0 saturated heterocycles. The minimum Gasteiger partial charge on any atom is -0.324 e. The number of hydrogen-bond donors (Lipinski definition) is 1. The smallest absolute Gasteiger partial charge is 0.234 e. The minimum absolute atomic E-state index is 0.0885. The van der Waals surface area contributed by atoms with E-state index >= 15 is 0 Å². The van der Waals surface area contributed by atoms with Crippen molar-refractivity contribution in [3.63, 3.8) is 0 Å². The van der Waals surface area contributed by atoms with Crippen LogP contribution in [-0.2, 0) is 4.79 Å². The number of carbonyl (C=O) groups is 1. The van der Waals surface area contributed by atoms with Gasteiger partial charge in [0, 0.05) is 9.86 Å². The molecule has 0 bridgehead atoms. The highest BCUT2D eigenvalue weighted by molar-refractivity contribution is 9.10. The predicted molar refractivity (Wildman–Crippen MR) is 121 cm³/mol. The third kappa shape index (κ3) is 3.36. The zero-order valence-corrected chi connectivity index (χ0v) is 17.6. The molecule has 0 aliphatic rings. The summed E-state index contributed by atoms with van der Waals surface area (Å²) in [5.41, 5.74) is 4.36. The first-order chi connectivity index (χ1) is 14.2. The van der Waals surface area contributed by atoms with Crippen molar-refractivity contribution in [2.75, 3.05) is 11.1 Å². The van der Waals surface area contributed by atoms with Crippen molar-refractivity contribution in [3.05, 3.63) is 77.3 Å². The third-order valence-electron chi connectivity index (χ3n) is 4.59. The van der Waals surface area contributed by atoms with Gasteiger partial charge in [-0.05, 0) is 52.3 Å². The summed E-state index contributed by atoms with van der Waals surface area (Å²) in [4.78, 5) is 22.2. The standard InChI is InChI=1S/C22H15BrN4OS/c23-15-8-2-4-10-17(15)24-20(28)13-29-22-26-16-9-3-1-7-14(16)21-25-18-11-5-6-12-19(18)27(21)22/h1-12H,13H2,(H,24,28). The topological polar surface area (TPSA) is 59.3 Å². The highest BCUT2D eigenvalue weighted by Gasteiger charge is 2.15. The van der Waals surface area contributed by atoms with Gasteiger partial charge in [0.15, 0.2) is 5.16 Å². The van der Waals surface area contributed by atoms with E-state index in [1.807, 2.05) is 77.2 Å². The van der Waals surface area contributed by atoms with Gasteiger partial charge in [0.1, 0.15) is 5.65 Å². The number of hydrogen-bond acceptors (Lipinski definition) is 4. The van der Waals surface area contributed by atoms with Crippen molar-refractivity contribution in [3.8, 4) is 0 Å². The summed E-state index contributed by atoms with van der Waals surface area (Å²) >= 11 is 4.86. The number of nitrogens with one attached hydrogen (secondary N) is 1. The number of anilines is 1. The van der Waals surface area contributed by atoms with Crippen LogP contribution in [0.2, 0.25) is 0 Å². The van der Waals surface area contributed by atoms with Gasteiger partial charge in [0.2, 0.25) is 5.91 Å². The number of benzene rings is 3. The molecule has 142 valence electrons. The first kappa shape index (κ1) is 18.1. The van der Waals surface area contributed by atoms with Crippen molar-refractivity contribution < 1.29 is 4.79 Å². The molecule has 7 heteroatoms. The van der Waals surface area contributed by atoms with Gasteiger partial charge in [-0.25, -0.2) is 9.97 Å². The number of rotatable bonds is 4. The molecule has 2 heterocycles. The largest absolute Gasteiger partial charge is 0.324 e. The quantitative estimate of drug-likeness (QED) is 0.281. The van der Waals surface area contributed by atoms with E-state index in [-0.39, 0.29) is 11.7 Å². The van der Waals surface area contributed by atoms with Crippen LogP contribution in [0.3, 0.4) is 0 Å². The molecule has 0 atom stereocenters. The maximum Gasteiger partial charge on any atom is 0.234 e. The van der Waals surface area contributed by atoms with Gasteiger partial charge in [-0.3, -0.25) is 9.20 Å². The summed E-state index contributed by atoms with van der Waals surface area (Å²) in [6, 6.07) is 23.5. The van der Waals surface area contributed by atoms with E-state index in [0.717, 1.165) is 42.9 Å². The van der Waals surface area contributed by atoms with E-state index in [9.17, 15) is 4.79 Å². The number of imidazole rings is 1. The summed E-state index contributed by atoms with van der Waals surface area (Å²) < 4.78 is 2.89. The molecule has 5 aromatic rings. The molecule has 1 N–H and O–H groups in total. The molecule has 1 amide bonds. The molecule has 0 aliphatic carbocycles. The lowest BCUT2D eigenvalue weighted by molar-refractivity contribution is -0.113. The van der Waals surface area contributed by atoms with Gasteiger partial charge >= 0.3 is 0 Å². The highest BCUT2D eigenvalue weighted by atomic mass is 79.9. The molecule has 0 radical (unpaired) electrons. The lowest BCUT2D eigenvalue weighted by Gasteiger charge is -2.09. The fourth-order valence-corrected chi connectivity index (χ4v) is 4.48. The fraction of sp³-hybridized carbons (Fsp3) is 0.0455. The van der Waals surface area contributed by atoms with Crippen molar-refractivity contribution in [1.29, 1.82) is 0 Å². The van der Waals surface area contributed by atoms with Gasteiger partial charge in [-0.1, -0.05) is 48.2 Å². The molecule has 2 aromatic heterocycles. The first-order valence-corrected chi connectivity index (χ1v) is 10.8. The van der Waals surface area contributed by atoms with E-state index < -0.39 is 0 Å². The number of fused-ring (bicyclic) bond motifs is 5. The predicted octanol–water partition coefficient (Wildman–Crippen LogP) is 5.53. The average molecular weight is 463 g/mol. The van der Waals surface area contributed by atoms with Gasteiger partial charge in [0.05, 0.1) is 28.0 Å². The fourth-order valence-electron chi connectivity index (χ4n) is 3.29. The zero-order valence-electron chi connectivity index (χ0n) is 15.2. The Hall–Kier alpha value is -2.90. The van der Waals surface area contributed by atoms with Gasteiger partial charge in [0.25, 0.3) is 0 Å². The van der Waals surface area contributed by atoms with Crippen LogP contribution in [-0.4, -0.2) is 26.0 Å². The molecule has 29 heavy (non-hydrogen) atoms. The molecule has 0 saturated carbocycles. The van der Waals surface area contributed by atoms with E-state index in [4.69, 9.17) is 9.97 Å². The van der Waals surface area contributed by atoms with Crippen LogP contribution in [0.1, 0.15) is 0 Å². The number of para-hydroxylation sites is 4. The van der Waals surface area contributed by atoms with Crippen molar-refractivity contribution in [1.82, 2.24) is 14.4 Å². The third-order valence-corrected chi connectivity index (χ3v) is 6.22. The monoisotopic (exact) mass is 462 g/mol. The Labute approximate surface area is 179 Å². The molecule has 0 unspecified atom stereocenters. The van der Waals surface area contributed by atoms with Crippen LogP contribution in [0.15, 0.2) is 82.4 Å². The lowest BCUT2D eigenvalue weighted by Crippen LogP contribution is -2.15. The zero-order chi connectivity index (χ0) is 19.8. The molecule has 0 spiro atoms. The van der Waals surface area contributed by atoms with E-state index in [1.165, 1.54) is 11.8 Å². The van der Waals surface area contributed by atoms with Crippen molar-refractivity contribution >= 4 is 66.9 Å². The number of nitrogens with zero attached hydrogens (tertiary/aromatic N) is 3. The molecule has 0 fully saturated rings. The lowest BCUT2D eigenvalue weighted by atomic mass is 10.2. The average Bonchev–Trinajstić information content (AvgIpc) is 3.14. The van der Waals surface area contributed by atoms with Gasteiger partial charge in [-0.2, -0.15) is 0 Å². The SMILES string of the molecule is O=C(CSc1nc2ccccc2c2nc3ccccc3n12)Nc1ccccc1Br. The van der Waals surface area contributed by atoms with Gasteiger partial charge in [-0.15, -0.1) is 0 Å². The summed E-state index contributed by atoms with van der Waals surface area (Å²) in [5.74, 6) is 0.156. The minimum atomic E-state index is -0.0885. The molecule has 5 rings (SSSR count). The van der Waals surface area contributed by atoms with E-state index in [1.54, 1.807) is 0 Å². The number of thioether (sulfide) groups is 1. The van der Waals surface area contributed by atoms with Crippen molar-refractivity contribution in [2.24, 2.45) is 0 Å². The molecular weight excluding hydrogens is 448 g/mol. The second kappa shape index (κ2) is 7.50. The normalized spacial score (nSPS) is 11.3. The van der Waals surface area contributed by atoms with Crippen LogP contribution < -0.4 is 5.32 Å². The van der Waals surface area contributed by atoms with Crippen LogP contribution in [0, 0.1) is 0 Å². The number of amides is 1. The summed E-state index contributed by atoms with van der Waals surface area (Å²) in [5, 5.41) is 4.67. The molecule has 0 aliphatic heterocycles. The Bertz CT molecular complexity index is 1380. The molecule has 5 nitrogen and oxygen atoms in total. The van der Waals surface area contributed by atoms with Crippen LogP contribution in [0.4, 0.5) is 5.69 Å². The Kier molecular flexibility index (Phi) is 4.69. The Morgan fingerprint density at radius 2 is 1.66 bits per heavy atom.